The number of nitrogens with zero attached hydrogens (tertiary/aromatic N) is 1. The van der Waals surface area contributed by atoms with Crippen LogP contribution in [0.4, 0.5) is 18.9 Å². The van der Waals surface area contributed by atoms with Gasteiger partial charge in [-0.25, -0.2) is 0 Å². The number of hydrogen-bond acceptors (Lipinski definition) is 4. The summed E-state index contributed by atoms with van der Waals surface area (Å²) in [5, 5.41) is 2.43. The molecule has 1 aromatic carbocycles. The molecule has 1 fully saturated rings. The highest BCUT2D eigenvalue weighted by Gasteiger charge is 2.66. The number of carbonyl (C=O) groups is 1. The maximum absolute atomic E-state index is 13.8. The highest BCUT2D eigenvalue weighted by atomic mass is 32.2. The van der Waals surface area contributed by atoms with Gasteiger partial charge in [-0.3, -0.25) is 9.69 Å². The normalized spacial score (nSPS) is 26.5. The predicted molar refractivity (Wildman–Crippen MR) is 76.8 cm³/mol. The molecule has 0 bridgehead atoms. The second-order valence-corrected chi connectivity index (χ2v) is 6.53. The van der Waals surface area contributed by atoms with E-state index in [0.29, 0.717) is 22.3 Å². The molecule has 1 amide bonds. The molecular weight excluding hydrogens is 317 g/mol. The van der Waals surface area contributed by atoms with Crippen LogP contribution in [0.25, 0.3) is 0 Å². The standard InChI is InChI=1S/C14H15F3N2O2S/c1-9-2-3-11-10(8-9)18-12(20)13(22-11,14(15,16)17)19-4-6-21-7-5-19/h2-3,8H,4-7H2,1H3,(H,18,20). The zero-order valence-electron chi connectivity index (χ0n) is 11.9. The number of hydrogen-bond donors (Lipinski definition) is 1. The molecule has 0 saturated carbocycles. The number of nitrogens with one attached hydrogen (secondary N) is 1. The van der Waals surface area contributed by atoms with Gasteiger partial charge in [-0.05, 0) is 24.6 Å². The van der Waals surface area contributed by atoms with E-state index < -0.39 is 17.0 Å². The maximum atomic E-state index is 13.8. The number of rotatable bonds is 1. The van der Waals surface area contributed by atoms with Crippen LogP contribution in [0.5, 0.6) is 0 Å². The fraction of sp³-hybridized carbons (Fsp3) is 0.500. The van der Waals surface area contributed by atoms with E-state index in [0.717, 1.165) is 5.56 Å². The van der Waals surface area contributed by atoms with Crippen molar-refractivity contribution in [3.8, 4) is 0 Å². The van der Waals surface area contributed by atoms with E-state index in [2.05, 4.69) is 5.32 Å². The number of ether oxygens (including phenoxy) is 1. The number of thioether (sulfide) groups is 1. The molecule has 2 heterocycles. The lowest BCUT2D eigenvalue weighted by Gasteiger charge is -2.46. The Morgan fingerprint density at radius 2 is 2.00 bits per heavy atom. The summed E-state index contributed by atoms with van der Waals surface area (Å²) in [6, 6.07) is 5.04. The van der Waals surface area contributed by atoms with E-state index in [1.165, 1.54) is 4.90 Å². The van der Waals surface area contributed by atoms with Gasteiger partial charge in [0, 0.05) is 18.0 Å². The summed E-state index contributed by atoms with van der Waals surface area (Å²) in [5.41, 5.74) is 1.31. The van der Waals surface area contributed by atoms with Crippen LogP contribution in [-0.2, 0) is 9.53 Å². The first kappa shape index (κ1) is 15.6. The molecule has 4 nitrogen and oxygen atoms in total. The Morgan fingerprint density at radius 1 is 1.32 bits per heavy atom. The first-order valence-electron chi connectivity index (χ1n) is 6.85. The van der Waals surface area contributed by atoms with Crippen LogP contribution in [0.3, 0.4) is 0 Å². The van der Waals surface area contributed by atoms with Crippen molar-refractivity contribution >= 4 is 23.4 Å². The molecule has 120 valence electrons. The Hall–Kier alpha value is -1.25. The molecule has 0 aliphatic carbocycles. The summed E-state index contributed by atoms with van der Waals surface area (Å²) < 4.78 is 46.6. The minimum absolute atomic E-state index is 0.0706. The highest BCUT2D eigenvalue weighted by molar-refractivity contribution is 8.01. The lowest BCUT2D eigenvalue weighted by atomic mass is 10.1. The number of alkyl halides is 3. The zero-order chi connectivity index (χ0) is 16.0. The topological polar surface area (TPSA) is 41.6 Å². The van der Waals surface area contributed by atoms with E-state index in [-0.39, 0.29) is 26.3 Å². The van der Waals surface area contributed by atoms with Crippen molar-refractivity contribution in [1.29, 1.82) is 0 Å². The van der Waals surface area contributed by atoms with Gasteiger partial charge in [0.2, 0.25) is 4.87 Å². The highest BCUT2D eigenvalue weighted by Crippen LogP contribution is 2.52. The molecule has 0 aromatic heterocycles. The van der Waals surface area contributed by atoms with Crippen molar-refractivity contribution in [3.05, 3.63) is 23.8 Å². The van der Waals surface area contributed by atoms with Gasteiger partial charge in [0.15, 0.2) is 0 Å². The second kappa shape index (κ2) is 5.43. The molecule has 0 radical (unpaired) electrons. The van der Waals surface area contributed by atoms with E-state index in [1.54, 1.807) is 18.2 Å². The van der Waals surface area contributed by atoms with Crippen LogP contribution in [0.15, 0.2) is 23.1 Å². The number of halogens is 3. The Morgan fingerprint density at radius 3 is 2.64 bits per heavy atom. The van der Waals surface area contributed by atoms with Gasteiger partial charge < -0.3 is 10.1 Å². The third-order valence-electron chi connectivity index (χ3n) is 3.79. The third kappa shape index (κ3) is 2.39. The first-order chi connectivity index (χ1) is 10.3. The Labute approximate surface area is 130 Å². The molecule has 1 N–H and O–H groups in total. The van der Waals surface area contributed by atoms with Gasteiger partial charge in [0.1, 0.15) is 0 Å². The number of benzene rings is 1. The van der Waals surface area contributed by atoms with Crippen LogP contribution in [0, 0.1) is 6.92 Å². The van der Waals surface area contributed by atoms with Gasteiger partial charge >= 0.3 is 6.18 Å². The van der Waals surface area contributed by atoms with Gasteiger partial charge in [-0.2, -0.15) is 13.2 Å². The lowest BCUT2D eigenvalue weighted by molar-refractivity contribution is -0.204. The largest absolute Gasteiger partial charge is 0.425 e. The van der Waals surface area contributed by atoms with Gasteiger partial charge in [0.25, 0.3) is 5.91 Å². The van der Waals surface area contributed by atoms with E-state index in [9.17, 15) is 18.0 Å². The molecule has 8 heteroatoms. The van der Waals surface area contributed by atoms with Gasteiger partial charge in [0.05, 0.1) is 18.9 Å². The molecular formula is C14H15F3N2O2S. The van der Waals surface area contributed by atoms with Gasteiger partial charge in [-0.15, -0.1) is 0 Å². The molecule has 2 aliphatic heterocycles. The van der Waals surface area contributed by atoms with E-state index >= 15 is 0 Å². The Balaban J connectivity index is 2.06. The quantitative estimate of drug-likeness (QED) is 0.858. The average Bonchev–Trinajstić information content (AvgIpc) is 2.46. The summed E-state index contributed by atoms with van der Waals surface area (Å²) in [7, 11) is 0. The number of morpholine rings is 1. The number of aryl methyl sites for hydroxylation is 1. The summed E-state index contributed by atoms with van der Waals surface area (Å²) in [5.74, 6) is -1.04. The molecule has 3 rings (SSSR count). The summed E-state index contributed by atoms with van der Waals surface area (Å²) in [4.78, 5) is 11.4. The molecule has 1 aromatic rings. The van der Waals surface area contributed by atoms with Crippen molar-refractivity contribution in [2.45, 2.75) is 22.9 Å². The molecule has 2 aliphatic rings. The molecule has 1 unspecified atom stereocenters. The number of amides is 1. The smallest absolute Gasteiger partial charge is 0.379 e. The number of carbonyl (C=O) groups excluding carboxylic acids is 1. The molecule has 1 atom stereocenters. The number of fused-ring (bicyclic) bond motifs is 1. The summed E-state index contributed by atoms with van der Waals surface area (Å²) in [6.45, 7) is 2.34. The predicted octanol–water partition coefficient (Wildman–Crippen LogP) is 2.63. The Bertz CT molecular complexity index is 602. The maximum Gasteiger partial charge on any atom is 0.425 e. The summed E-state index contributed by atoms with van der Waals surface area (Å²) >= 11 is 0.568. The van der Waals surface area contributed by atoms with E-state index in [1.807, 2.05) is 6.92 Å². The van der Waals surface area contributed by atoms with Crippen LogP contribution in [0.2, 0.25) is 0 Å². The Kier molecular flexibility index (Phi) is 3.86. The van der Waals surface area contributed by atoms with Crippen LogP contribution in [-0.4, -0.2) is 48.2 Å². The van der Waals surface area contributed by atoms with Crippen LogP contribution < -0.4 is 5.32 Å². The molecule has 1 saturated heterocycles. The SMILES string of the molecule is Cc1ccc2c(c1)NC(=O)C(N1CCOCC1)(C(F)(F)F)S2. The lowest BCUT2D eigenvalue weighted by Crippen LogP contribution is -2.66. The number of anilines is 1. The van der Waals surface area contributed by atoms with Crippen molar-refractivity contribution in [2.75, 3.05) is 31.6 Å². The van der Waals surface area contributed by atoms with Crippen molar-refractivity contribution in [2.24, 2.45) is 0 Å². The first-order valence-corrected chi connectivity index (χ1v) is 7.67. The summed E-state index contributed by atoms with van der Waals surface area (Å²) in [6.07, 6.45) is -4.69. The molecule has 0 spiro atoms. The van der Waals surface area contributed by atoms with E-state index in [4.69, 9.17) is 4.74 Å². The fourth-order valence-electron chi connectivity index (χ4n) is 2.70. The van der Waals surface area contributed by atoms with Crippen molar-refractivity contribution < 1.29 is 22.7 Å². The zero-order valence-corrected chi connectivity index (χ0v) is 12.7. The molecule has 22 heavy (non-hydrogen) atoms. The second-order valence-electron chi connectivity index (χ2n) is 5.30. The average molecular weight is 332 g/mol. The minimum Gasteiger partial charge on any atom is -0.379 e. The van der Waals surface area contributed by atoms with Crippen LogP contribution >= 0.6 is 11.8 Å². The monoisotopic (exact) mass is 332 g/mol. The third-order valence-corrected chi connectivity index (χ3v) is 5.34. The van der Waals surface area contributed by atoms with Gasteiger partial charge in [-0.1, -0.05) is 17.8 Å². The minimum atomic E-state index is -4.69. The van der Waals surface area contributed by atoms with Crippen molar-refractivity contribution in [3.63, 3.8) is 0 Å². The fourth-order valence-corrected chi connectivity index (χ4v) is 3.94. The van der Waals surface area contributed by atoms with Crippen LogP contribution in [0.1, 0.15) is 5.56 Å². The van der Waals surface area contributed by atoms with Crippen molar-refractivity contribution in [1.82, 2.24) is 4.90 Å².